The van der Waals surface area contributed by atoms with Crippen LogP contribution >= 0.6 is 0 Å². The van der Waals surface area contributed by atoms with Gasteiger partial charge >= 0.3 is 0 Å². The van der Waals surface area contributed by atoms with Crippen LogP contribution in [-0.4, -0.2) is 35.3 Å². The second-order valence-corrected chi connectivity index (χ2v) is 5.22. The minimum Gasteiger partial charge on any atom is -0.379 e. The molecule has 0 spiro atoms. The molecule has 1 rings (SSSR count). The highest BCUT2D eigenvalue weighted by Crippen LogP contribution is 2.21. The first kappa shape index (κ1) is 9.23. The van der Waals surface area contributed by atoms with E-state index in [1.807, 2.05) is 6.92 Å². The van der Waals surface area contributed by atoms with E-state index >= 15 is 0 Å². The Balaban J connectivity index is 2.25. The molecule has 0 aromatic carbocycles. The Bertz CT molecular complexity index is 111. The molecule has 0 saturated carbocycles. The molecule has 1 heterocycles. The van der Waals surface area contributed by atoms with Crippen LogP contribution in [0.4, 0.5) is 0 Å². The van der Waals surface area contributed by atoms with Gasteiger partial charge in [0.1, 0.15) is 0 Å². The van der Waals surface area contributed by atoms with Crippen molar-refractivity contribution in [1.82, 2.24) is 0 Å². The van der Waals surface area contributed by atoms with Gasteiger partial charge in [-0.05, 0) is 26.2 Å². The fourth-order valence-corrected chi connectivity index (χ4v) is 2.19. The van der Waals surface area contributed by atoms with Gasteiger partial charge in [-0.25, -0.2) is 0 Å². The monoisotopic (exact) mass is 174 g/mol. The van der Waals surface area contributed by atoms with Crippen molar-refractivity contribution in [1.29, 1.82) is 0 Å². The van der Waals surface area contributed by atoms with E-state index in [1.54, 1.807) is 0 Å². The maximum atomic E-state index is 5.70. The third-order valence-electron chi connectivity index (χ3n) is 2.16. The summed E-state index contributed by atoms with van der Waals surface area (Å²) in [4.78, 5) is 0. The van der Waals surface area contributed by atoms with E-state index in [-0.39, 0.29) is 5.22 Å². The first-order valence-corrected chi connectivity index (χ1v) is 5.48. The van der Waals surface area contributed by atoms with Crippen molar-refractivity contribution in [2.45, 2.75) is 31.4 Å². The zero-order valence-electron chi connectivity index (χ0n) is 7.56. The molecule has 66 valence electrons. The molecular formula is C8H18O2Si. The van der Waals surface area contributed by atoms with E-state index in [4.69, 9.17) is 9.47 Å². The van der Waals surface area contributed by atoms with Crippen molar-refractivity contribution in [3.05, 3.63) is 0 Å². The minimum atomic E-state index is 0.147. The quantitative estimate of drug-likeness (QED) is 0.572. The third kappa shape index (κ3) is 2.93. The molecule has 1 fully saturated rings. The molecule has 1 saturated heterocycles. The fourth-order valence-electron chi connectivity index (χ4n) is 1.42. The predicted octanol–water partition coefficient (Wildman–Crippen LogP) is 0.285. The number of hydrogen-bond acceptors (Lipinski definition) is 2. The molecule has 11 heavy (non-hydrogen) atoms. The van der Waals surface area contributed by atoms with Crippen LogP contribution in [0.5, 0.6) is 0 Å². The van der Waals surface area contributed by atoms with E-state index < -0.39 is 0 Å². The first-order chi connectivity index (χ1) is 5.27. The zero-order valence-corrected chi connectivity index (χ0v) is 9.56. The van der Waals surface area contributed by atoms with Crippen molar-refractivity contribution in [3.8, 4) is 0 Å². The minimum absolute atomic E-state index is 0.147. The maximum absolute atomic E-state index is 5.70. The second kappa shape index (κ2) is 4.23. The van der Waals surface area contributed by atoms with Crippen LogP contribution in [0.15, 0.2) is 0 Å². The Hall–Kier alpha value is 0.137. The smallest absolute Gasteiger partial charge is 0.0716 e. The zero-order chi connectivity index (χ0) is 8.16. The maximum Gasteiger partial charge on any atom is 0.0716 e. The van der Waals surface area contributed by atoms with Crippen LogP contribution in [0.1, 0.15) is 26.2 Å². The molecule has 0 amide bonds. The van der Waals surface area contributed by atoms with Gasteiger partial charge in [0.15, 0.2) is 0 Å². The number of hydrogen-bond donors (Lipinski definition) is 0. The van der Waals surface area contributed by atoms with Gasteiger partial charge in [0.2, 0.25) is 0 Å². The lowest BCUT2D eigenvalue weighted by Gasteiger charge is -2.33. The summed E-state index contributed by atoms with van der Waals surface area (Å²) in [5.74, 6) is 0. The predicted molar refractivity (Wildman–Crippen MR) is 49.0 cm³/mol. The summed E-state index contributed by atoms with van der Waals surface area (Å²) in [5.41, 5.74) is 0. The van der Waals surface area contributed by atoms with Crippen LogP contribution in [0.25, 0.3) is 0 Å². The molecule has 0 N–H and O–H groups in total. The standard InChI is InChI=1S/C8H18O2Si/c1-2-9-7-8(11)5-3-4-6-10-8/h2-7H2,1,11H3. The summed E-state index contributed by atoms with van der Waals surface area (Å²) in [6.45, 7) is 4.60. The molecular weight excluding hydrogens is 156 g/mol. The molecule has 0 aromatic rings. The Morgan fingerprint density at radius 3 is 2.91 bits per heavy atom. The van der Waals surface area contributed by atoms with Crippen molar-refractivity contribution >= 4 is 10.2 Å². The van der Waals surface area contributed by atoms with Crippen LogP contribution < -0.4 is 0 Å². The van der Waals surface area contributed by atoms with Gasteiger partial charge in [0.25, 0.3) is 0 Å². The van der Waals surface area contributed by atoms with Crippen molar-refractivity contribution < 1.29 is 9.47 Å². The van der Waals surface area contributed by atoms with Crippen molar-refractivity contribution in [3.63, 3.8) is 0 Å². The summed E-state index contributed by atoms with van der Waals surface area (Å²) in [6, 6.07) is 0. The summed E-state index contributed by atoms with van der Waals surface area (Å²) in [5, 5.41) is 0.147. The average molecular weight is 174 g/mol. The number of rotatable bonds is 3. The summed E-state index contributed by atoms with van der Waals surface area (Å²) < 4.78 is 11.1. The van der Waals surface area contributed by atoms with E-state index in [1.165, 1.54) is 19.3 Å². The van der Waals surface area contributed by atoms with Gasteiger partial charge in [-0.1, -0.05) is 0 Å². The lowest BCUT2D eigenvalue weighted by molar-refractivity contribution is -0.0678. The summed E-state index contributed by atoms with van der Waals surface area (Å²) in [6.07, 6.45) is 3.76. The molecule has 2 nitrogen and oxygen atoms in total. The topological polar surface area (TPSA) is 18.5 Å². The molecule has 0 radical (unpaired) electrons. The normalized spacial score (nSPS) is 32.5. The molecule has 0 bridgehead atoms. The highest BCUT2D eigenvalue weighted by Gasteiger charge is 2.27. The van der Waals surface area contributed by atoms with Crippen molar-refractivity contribution in [2.75, 3.05) is 19.8 Å². The number of ether oxygens (including phenoxy) is 2. The van der Waals surface area contributed by atoms with Crippen LogP contribution in [-0.2, 0) is 9.47 Å². The highest BCUT2D eigenvalue weighted by molar-refractivity contribution is 6.14. The van der Waals surface area contributed by atoms with Gasteiger partial charge in [-0.2, -0.15) is 0 Å². The Morgan fingerprint density at radius 1 is 1.55 bits per heavy atom. The molecule has 1 unspecified atom stereocenters. The summed E-state index contributed by atoms with van der Waals surface area (Å²) in [7, 11) is 1.10. The van der Waals surface area contributed by atoms with E-state index in [9.17, 15) is 0 Å². The highest BCUT2D eigenvalue weighted by atomic mass is 28.1. The Labute approximate surface area is 71.7 Å². The average Bonchev–Trinajstić information content (AvgIpc) is 2.03. The Morgan fingerprint density at radius 2 is 2.36 bits per heavy atom. The van der Waals surface area contributed by atoms with E-state index in [0.717, 1.165) is 30.1 Å². The molecule has 0 aromatic heterocycles. The van der Waals surface area contributed by atoms with Crippen molar-refractivity contribution in [2.24, 2.45) is 0 Å². The molecule has 1 aliphatic rings. The lowest BCUT2D eigenvalue weighted by Crippen LogP contribution is -2.41. The molecule has 3 heteroatoms. The molecule has 0 aliphatic carbocycles. The third-order valence-corrected chi connectivity index (χ3v) is 3.24. The van der Waals surface area contributed by atoms with E-state index in [0.29, 0.717) is 0 Å². The van der Waals surface area contributed by atoms with Gasteiger partial charge in [-0.15, -0.1) is 0 Å². The second-order valence-electron chi connectivity index (χ2n) is 3.39. The van der Waals surface area contributed by atoms with Crippen LogP contribution in [0.2, 0.25) is 0 Å². The lowest BCUT2D eigenvalue weighted by atomic mass is 10.1. The first-order valence-electron chi connectivity index (χ1n) is 4.48. The van der Waals surface area contributed by atoms with Gasteiger partial charge in [0, 0.05) is 23.5 Å². The SMILES string of the molecule is CCOCC1([SiH3])CCCCO1. The molecule has 1 aliphatic heterocycles. The van der Waals surface area contributed by atoms with Gasteiger partial charge in [-0.3, -0.25) is 0 Å². The van der Waals surface area contributed by atoms with E-state index in [2.05, 4.69) is 0 Å². The van der Waals surface area contributed by atoms with Gasteiger partial charge in [0.05, 0.1) is 11.8 Å². The molecule has 1 atom stereocenters. The largest absolute Gasteiger partial charge is 0.379 e. The summed E-state index contributed by atoms with van der Waals surface area (Å²) >= 11 is 0. The fraction of sp³-hybridized carbons (Fsp3) is 1.00. The Kier molecular flexibility index (Phi) is 3.55. The van der Waals surface area contributed by atoms with Crippen LogP contribution in [0.3, 0.4) is 0 Å². The van der Waals surface area contributed by atoms with Gasteiger partial charge < -0.3 is 9.47 Å². The van der Waals surface area contributed by atoms with Crippen LogP contribution in [0, 0.1) is 0 Å².